The molecule has 1 aliphatic heterocycles. The maximum atomic E-state index is 14.0. The number of guanidine groups is 1. The van der Waals surface area contributed by atoms with Gasteiger partial charge in [0.15, 0.2) is 5.96 Å². The number of carbonyl (C=O) groups excluding carboxylic acids is 3. The van der Waals surface area contributed by atoms with Crippen LogP contribution in [0.3, 0.4) is 0 Å². The van der Waals surface area contributed by atoms with Gasteiger partial charge in [0.25, 0.3) is 0 Å². The Bertz CT molecular complexity index is 867. The SMILES string of the molecule is CCC(=O)[C@H](C)[C@@H](OC)[C@@H]1CCCN1C(=O)C[C@@H](OC)[C@H]([C@@H](C)CC)N(C)C(=O)[C@@H](N=C(N(C)C)N(C)C)C(C)C. The molecule has 0 aromatic heterocycles. The van der Waals surface area contributed by atoms with E-state index in [4.69, 9.17) is 14.5 Å². The quantitative estimate of drug-likeness (QED) is 0.216. The molecule has 1 aliphatic rings. The number of nitrogens with zero attached hydrogens (tertiary/aromatic N) is 5. The van der Waals surface area contributed by atoms with Gasteiger partial charge in [-0.25, -0.2) is 4.99 Å². The minimum Gasteiger partial charge on any atom is -0.379 e. The van der Waals surface area contributed by atoms with Gasteiger partial charge in [0, 0.05) is 68.3 Å². The van der Waals surface area contributed by atoms with Crippen LogP contribution in [0.2, 0.25) is 0 Å². The number of Topliss-reactive ketones (excluding diaryl/α,β-unsaturated/α-hetero) is 1. The topological polar surface area (TPSA) is 95.0 Å². The smallest absolute Gasteiger partial charge is 0.247 e. The summed E-state index contributed by atoms with van der Waals surface area (Å²) in [5, 5.41) is 0. The van der Waals surface area contributed by atoms with Crippen LogP contribution in [0.25, 0.3) is 0 Å². The lowest BCUT2D eigenvalue weighted by Crippen LogP contribution is -2.55. The molecule has 2 amide bonds. The molecule has 1 rings (SSSR count). The van der Waals surface area contributed by atoms with Gasteiger partial charge in [-0.15, -0.1) is 0 Å². The number of hydrogen-bond acceptors (Lipinski definition) is 6. The van der Waals surface area contributed by atoms with Crippen molar-refractivity contribution in [1.82, 2.24) is 19.6 Å². The Morgan fingerprint density at radius 2 is 1.54 bits per heavy atom. The lowest BCUT2D eigenvalue weighted by Gasteiger charge is -2.40. The number of carbonyl (C=O) groups is 3. The van der Waals surface area contributed by atoms with Gasteiger partial charge in [0.1, 0.15) is 11.8 Å². The van der Waals surface area contributed by atoms with E-state index in [0.29, 0.717) is 18.9 Å². The number of likely N-dealkylation sites (tertiary alicyclic amines) is 1. The maximum Gasteiger partial charge on any atom is 0.247 e. The summed E-state index contributed by atoms with van der Waals surface area (Å²) in [6.45, 7) is 12.6. The van der Waals surface area contributed by atoms with E-state index >= 15 is 0 Å². The van der Waals surface area contributed by atoms with Crippen LogP contribution < -0.4 is 0 Å². The van der Waals surface area contributed by atoms with Crippen LogP contribution in [-0.4, -0.2) is 129 Å². The summed E-state index contributed by atoms with van der Waals surface area (Å²) < 4.78 is 11.8. The van der Waals surface area contributed by atoms with Gasteiger partial charge < -0.3 is 29.1 Å². The standard InChI is InChI=1S/C31H59N5O5/c1-14-21(5)28(35(11)30(39)27(20(3)4)32-31(33(7)8)34(9)10)25(40-12)19-26(38)36-18-16-17-23(36)29(41-13)22(6)24(37)15-2/h20-23,25,27-29H,14-19H2,1-13H3/t21-,22-,23-,25+,27-,28-,29+/m0/s1. The second kappa shape index (κ2) is 17.0. The number of amides is 2. The third kappa shape index (κ3) is 9.40. The molecule has 238 valence electrons. The van der Waals surface area contributed by atoms with Gasteiger partial charge in [-0.05, 0) is 24.7 Å². The summed E-state index contributed by atoms with van der Waals surface area (Å²) in [4.78, 5) is 52.6. The number of methoxy groups -OCH3 is 2. The Labute approximate surface area is 249 Å². The summed E-state index contributed by atoms with van der Waals surface area (Å²) in [5.74, 6) is 0.498. The summed E-state index contributed by atoms with van der Waals surface area (Å²) in [7, 11) is 12.7. The second-order valence-electron chi connectivity index (χ2n) is 12.3. The summed E-state index contributed by atoms with van der Waals surface area (Å²) in [6.07, 6.45) is 2.21. The maximum absolute atomic E-state index is 14.0. The van der Waals surface area contributed by atoms with Crippen molar-refractivity contribution in [3.8, 4) is 0 Å². The van der Waals surface area contributed by atoms with Crippen molar-refractivity contribution < 1.29 is 23.9 Å². The molecule has 1 fully saturated rings. The first-order valence-corrected chi connectivity index (χ1v) is 15.2. The lowest BCUT2D eigenvalue weighted by atomic mass is 9.89. The number of rotatable bonds is 15. The van der Waals surface area contributed by atoms with Crippen molar-refractivity contribution in [1.29, 1.82) is 0 Å². The molecule has 0 unspecified atom stereocenters. The normalized spacial score (nSPS) is 19.7. The van der Waals surface area contributed by atoms with Crippen LogP contribution in [0.1, 0.15) is 73.6 Å². The van der Waals surface area contributed by atoms with E-state index in [-0.39, 0.29) is 60.0 Å². The fraction of sp³-hybridized carbons (Fsp3) is 0.871. The van der Waals surface area contributed by atoms with Crippen molar-refractivity contribution >= 4 is 23.6 Å². The van der Waals surface area contributed by atoms with E-state index < -0.39 is 12.1 Å². The van der Waals surface area contributed by atoms with Crippen molar-refractivity contribution in [3.63, 3.8) is 0 Å². The molecule has 0 radical (unpaired) electrons. The third-order valence-corrected chi connectivity index (χ3v) is 8.64. The van der Waals surface area contributed by atoms with Crippen LogP contribution >= 0.6 is 0 Å². The highest BCUT2D eigenvalue weighted by Gasteiger charge is 2.42. The van der Waals surface area contributed by atoms with E-state index in [2.05, 4.69) is 13.8 Å². The minimum absolute atomic E-state index is 0.0239. The van der Waals surface area contributed by atoms with Gasteiger partial charge in [-0.1, -0.05) is 48.0 Å². The van der Waals surface area contributed by atoms with Crippen LogP contribution in [0.4, 0.5) is 0 Å². The minimum atomic E-state index is -0.581. The van der Waals surface area contributed by atoms with Gasteiger partial charge in [0.05, 0.1) is 30.7 Å². The number of ether oxygens (including phenoxy) is 2. The highest BCUT2D eigenvalue weighted by atomic mass is 16.5. The zero-order chi connectivity index (χ0) is 31.6. The monoisotopic (exact) mass is 581 g/mol. The molecule has 0 N–H and O–H groups in total. The third-order valence-electron chi connectivity index (χ3n) is 8.64. The van der Waals surface area contributed by atoms with Gasteiger partial charge in [0.2, 0.25) is 11.8 Å². The van der Waals surface area contributed by atoms with E-state index in [9.17, 15) is 14.4 Å². The number of hydrogen-bond donors (Lipinski definition) is 0. The van der Waals surface area contributed by atoms with E-state index in [1.165, 1.54) is 0 Å². The molecule has 0 saturated carbocycles. The molecule has 10 heteroatoms. The molecule has 7 atom stereocenters. The average molecular weight is 582 g/mol. The predicted octanol–water partition coefficient (Wildman–Crippen LogP) is 3.39. The molecule has 0 aromatic rings. The van der Waals surface area contributed by atoms with Crippen LogP contribution in [-0.2, 0) is 23.9 Å². The molecule has 0 spiro atoms. The lowest BCUT2D eigenvalue weighted by molar-refractivity contribution is -0.146. The molecule has 1 heterocycles. The zero-order valence-corrected chi connectivity index (χ0v) is 28.1. The van der Waals surface area contributed by atoms with E-state index in [0.717, 1.165) is 19.3 Å². The van der Waals surface area contributed by atoms with Gasteiger partial charge in [-0.3, -0.25) is 14.4 Å². The molecule has 41 heavy (non-hydrogen) atoms. The molecule has 0 aromatic carbocycles. The Balaban J connectivity index is 3.32. The fourth-order valence-electron chi connectivity index (χ4n) is 6.12. The Morgan fingerprint density at radius 1 is 0.951 bits per heavy atom. The molecular weight excluding hydrogens is 522 g/mol. The van der Waals surface area contributed by atoms with E-state index in [1.54, 1.807) is 19.1 Å². The molecular formula is C31H59N5O5. The Hall–Kier alpha value is -2.20. The van der Waals surface area contributed by atoms with Crippen LogP contribution in [0.15, 0.2) is 4.99 Å². The zero-order valence-electron chi connectivity index (χ0n) is 28.1. The van der Waals surface area contributed by atoms with Crippen LogP contribution in [0, 0.1) is 17.8 Å². The number of ketones is 1. The Morgan fingerprint density at radius 3 is 1.98 bits per heavy atom. The highest BCUT2D eigenvalue weighted by Crippen LogP contribution is 2.30. The second-order valence-corrected chi connectivity index (χ2v) is 12.3. The summed E-state index contributed by atoms with van der Waals surface area (Å²) >= 11 is 0. The van der Waals surface area contributed by atoms with E-state index in [1.807, 2.05) is 77.6 Å². The number of likely N-dealkylation sites (N-methyl/N-ethyl adjacent to an activating group) is 1. The summed E-state index contributed by atoms with van der Waals surface area (Å²) in [5.41, 5.74) is 0. The molecule has 1 saturated heterocycles. The first-order valence-electron chi connectivity index (χ1n) is 15.2. The average Bonchev–Trinajstić information content (AvgIpc) is 3.41. The first kappa shape index (κ1) is 36.8. The number of aliphatic imine (C=N–C) groups is 1. The van der Waals surface area contributed by atoms with Gasteiger partial charge >= 0.3 is 0 Å². The first-order chi connectivity index (χ1) is 19.2. The van der Waals surface area contributed by atoms with Crippen molar-refractivity contribution in [2.45, 2.75) is 104 Å². The van der Waals surface area contributed by atoms with Crippen molar-refractivity contribution in [2.75, 3.05) is 56.0 Å². The molecule has 0 aliphatic carbocycles. The fourth-order valence-corrected chi connectivity index (χ4v) is 6.12. The van der Waals surface area contributed by atoms with Crippen molar-refractivity contribution in [2.24, 2.45) is 22.7 Å². The van der Waals surface area contributed by atoms with Crippen molar-refractivity contribution in [3.05, 3.63) is 0 Å². The largest absolute Gasteiger partial charge is 0.379 e. The molecule has 0 bridgehead atoms. The molecule has 10 nitrogen and oxygen atoms in total. The highest BCUT2D eigenvalue weighted by molar-refractivity contribution is 5.87. The van der Waals surface area contributed by atoms with Gasteiger partial charge in [-0.2, -0.15) is 0 Å². The van der Waals surface area contributed by atoms with Crippen LogP contribution in [0.5, 0.6) is 0 Å². The summed E-state index contributed by atoms with van der Waals surface area (Å²) in [6, 6.07) is -1.06. The predicted molar refractivity (Wildman–Crippen MR) is 165 cm³/mol. The Kier molecular flexibility index (Phi) is 15.3.